The summed E-state index contributed by atoms with van der Waals surface area (Å²) in [4.78, 5) is 24.2. The highest BCUT2D eigenvalue weighted by atomic mass is 16.5. The SMILES string of the molecule is Cc1ccc(C)n1-c1ccc(C(=O)NCC(=O)NCCOc2ccccc2)cc1. The highest BCUT2D eigenvalue weighted by molar-refractivity contribution is 5.96. The largest absolute Gasteiger partial charge is 0.492 e. The zero-order chi connectivity index (χ0) is 20.6. The fraction of sp³-hybridized carbons (Fsp3) is 0.217. The zero-order valence-corrected chi connectivity index (χ0v) is 16.6. The van der Waals surface area contributed by atoms with Crippen LogP contribution in [0.15, 0.2) is 66.7 Å². The number of amides is 2. The van der Waals surface area contributed by atoms with Gasteiger partial charge in [0.1, 0.15) is 12.4 Å². The molecule has 0 radical (unpaired) electrons. The van der Waals surface area contributed by atoms with E-state index in [1.54, 1.807) is 12.1 Å². The molecular weight excluding hydrogens is 366 g/mol. The molecule has 0 unspecified atom stereocenters. The molecule has 3 aromatic rings. The second-order valence-electron chi connectivity index (χ2n) is 6.69. The summed E-state index contributed by atoms with van der Waals surface area (Å²) in [5, 5.41) is 5.35. The predicted octanol–water partition coefficient (Wildman–Crippen LogP) is 3.02. The Bertz CT molecular complexity index is 943. The van der Waals surface area contributed by atoms with Gasteiger partial charge in [-0.1, -0.05) is 18.2 Å². The van der Waals surface area contributed by atoms with Gasteiger partial charge in [-0.05, 0) is 62.4 Å². The molecule has 150 valence electrons. The highest BCUT2D eigenvalue weighted by Gasteiger charge is 2.09. The number of aryl methyl sites for hydroxylation is 2. The van der Waals surface area contributed by atoms with Crippen molar-refractivity contribution in [3.05, 3.63) is 83.7 Å². The first-order valence-electron chi connectivity index (χ1n) is 9.53. The maximum Gasteiger partial charge on any atom is 0.251 e. The van der Waals surface area contributed by atoms with Gasteiger partial charge in [-0.25, -0.2) is 0 Å². The minimum atomic E-state index is -0.284. The molecule has 3 rings (SSSR count). The standard InChI is InChI=1S/C23H25N3O3/c1-17-8-9-18(2)26(17)20-12-10-19(11-13-20)23(28)25-16-22(27)24-14-15-29-21-6-4-3-5-7-21/h3-13H,14-16H2,1-2H3,(H,24,27)(H,25,28). The summed E-state index contributed by atoms with van der Waals surface area (Å²) >= 11 is 0. The Hall–Kier alpha value is -3.54. The molecule has 2 amide bonds. The summed E-state index contributed by atoms with van der Waals surface area (Å²) in [6.07, 6.45) is 0. The van der Waals surface area contributed by atoms with Gasteiger partial charge in [-0.15, -0.1) is 0 Å². The topological polar surface area (TPSA) is 72.4 Å². The Morgan fingerprint density at radius 3 is 2.17 bits per heavy atom. The van der Waals surface area contributed by atoms with Crippen LogP contribution in [0.25, 0.3) is 5.69 Å². The molecule has 0 aliphatic heterocycles. The van der Waals surface area contributed by atoms with Gasteiger partial charge in [0.15, 0.2) is 0 Å². The lowest BCUT2D eigenvalue weighted by atomic mass is 10.2. The normalized spacial score (nSPS) is 10.4. The van der Waals surface area contributed by atoms with Gasteiger partial charge in [-0.2, -0.15) is 0 Å². The number of hydrogen-bond donors (Lipinski definition) is 2. The monoisotopic (exact) mass is 391 g/mol. The van der Waals surface area contributed by atoms with Crippen LogP contribution in [0.2, 0.25) is 0 Å². The summed E-state index contributed by atoms with van der Waals surface area (Å²) in [5.74, 6) is 0.210. The third-order valence-electron chi connectivity index (χ3n) is 4.50. The van der Waals surface area contributed by atoms with Gasteiger partial charge in [0.25, 0.3) is 5.91 Å². The number of para-hydroxylation sites is 1. The van der Waals surface area contributed by atoms with Crippen LogP contribution < -0.4 is 15.4 Å². The molecule has 0 atom stereocenters. The minimum Gasteiger partial charge on any atom is -0.492 e. The molecular formula is C23H25N3O3. The average molecular weight is 391 g/mol. The first-order chi connectivity index (χ1) is 14.0. The number of aromatic nitrogens is 1. The van der Waals surface area contributed by atoms with Crippen LogP contribution in [-0.4, -0.2) is 36.1 Å². The Kier molecular flexibility index (Phi) is 6.68. The number of carbonyl (C=O) groups excluding carboxylic acids is 2. The minimum absolute atomic E-state index is 0.0816. The van der Waals surface area contributed by atoms with Crippen molar-refractivity contribution in [3.63, 3.8) is 0 Å². The van der Waals surface area contributed by atoms with Gasteiger partial charge in [0, 0.05) is 22.6 Å². The lowest BCUT2D eigenvalue weighted by Gasteiger charge is -2.11. The van der Waals surface area contributed by atoms with E-state index in [9.17, 15) is 9.59 Å². The number of nitrogens with zero attached hydrogens (tertiary/aromatic N) is 1. The van der Waals surface area contributed by atoms with Crippen LogP contribution in [0.1, 0.15) is 21.7 Å². The van der Waals surface area contributed by atoms with Gasteiger partial charge in [-0.3, -0.25) is 9.59 Å². The van der Waals surface area contributed by atoms with Crippen molar-refractivity contribution in [3.8, 4) is 11.4 Å². The van der Waals surface area contributed by atoms with Crippen molar-refractivity contribution >= 4 is 11.8 Å². The molecule has 2 N–H and O–H groups in total. The van der Waals surface area contributed by atoms with E-state index in [0.29, 0.717) is 18.7 Å². The molecule has 0 saturated heterocycles. The molecule has 1 heterocycles. The van der Waals surface area contributed by atoms with Gasteiger partial charge in [0.2, 0.25) is 5.91 Å². The van der Waals surface area contributed by atoms with E-state index >= 15 is 0 Å². The van der Waals surface area contributed by atoms with Crippen LogP contribution >= 0.6 is 0 Å². The average Bonchev–Trinajstić information content (AvgIpc) is 3.08. The van der Waals surface area contributed by atoms with Crippen LogP contribution in [0.3, 0.4) is 0 Å². The van der Waals surface area contributed by atoms with E-state index in [1.807, 2.05) is 56.3 Å². The fourth-order valence-corrected chi connectivity index (χ4v) is 3.04. The molecule has 6 heteroatoms. The second kappa shape index (κ2) is 9.59. The van der Waals surface area contributed by atoms with Crippen LogP contribution in [-0.2, 0) is 4.79 Å². The second-order valence-corrected chi connectivity index (χ2v) is 6.69. The third kappa shape index (κ3) is 5.48. The highest BCUT2D eigenvalue weighted by Crippen LogP contribution is 2.16. The molecule has 1 aromatic heterocycles. The molecule has 0 aliphatic carbocycles. The van der Waals surface area contributed by atoms with Crippen molar-refractivity contribution in [1.82, 2.24) is 15.2 Å². The molecule has 6 nitrogen and oxygen atoms in total. The summed E-state index contributed by atoms with van der Waals surface area (Å²) < 4.78 is 7.62. The van der Waals surface area contributed by atoms with Crippen LogP contribution in [0.5, 0.6) is 5.75 Å². The summed E-state index contributed by atoms with van der Waals surface area (Å²) in [6.45, 7) is 4.73. The first kappa shape index (κ1) is 20.2. The Morgan fingerprint density at radius 2 is 1.52 bits per heavy atom. The molecule has 0 aliphatic rings. The van der Waals surface area contributed by atoms with E-state index in [0.717, 1.165) is 22.8 Å². The van der Waals surface area contributed by atoms with Gasteiger partial charge < -0.3 is 19.9 Å². The smallest absolute Gasteiger partial charge is 0.251 e. The van der Waals surface area contributed by atoms with E-state index in [4.69, 9.17) is 4.74 Å². The Labute approximate surface area is 170 Å². The van der Waals surface area contributed by atoms with Crippen molar-refractivity contribution in [2.75, 3.05) is 19.7 Å². The van der Waals surface area contributed by atoms with E-state index < -0.39 is 0 Å². The Morgan fingerprint density at radius 1 is 0.862 bits per heavy atom. The molecule has 2 aromatic carbocycles. The van der Waals surface area contributed by atoms with Crippen LogP contribution in [0, 0.1) is 13.8 Å². The zero-order valence-electron chi connectivity index (χ0n) is 16.6. The van der Waals surface area contributed by atoms with Crippen molar-refractivity contribution in [2.45, 2.75) is 13.8 Å². The number of carbonyl (C=O) groups is 2. The van der Waals surface area contributed by atoms with Crippen LogP contribution in [0.4, 0.5) is 0 Å². The third-order valence-corrected chi connectivity index (χ3v) is 4.50. The molecule has 0 bridgehead atoms. The van der Waals surface area contributed by atoms with Crippen molar-refractivity contribution in [2.24, 2.45) is 0 Å². The number of nitrogens with one attached hydrogen (secondary N) is 2. The first-order valence-corrected chi connectivity index (χ1v) is 9.53. The quantitative estimate of drug-likeness (QED) is 0.580. The summed E-state index contributed by atoms with van der Waals surface area (Å²) in [5.41, 5.74) is 3.77. The summed E-state index contributed by atoms with van der Waals surface area (Å²) in [6, 6.07) is 20.8. The maximum absolute atomic E-state index is 12.3. The lowest BCUT2D eigenvalue weighted by molar-refractivity contribution is -0.120. The maximum atomic E-state index is 12.3. The number of benzene rings is 2. The predicted molar refractivity (Wildman–Crippen MR) is 113 cm³/mol. The number of ether oxygens (including phenoxy) is 1. The van der Waals surface area contributed by atoms with Gasteiger partial charge in [0.05, 0.1) is 13.1 Å². The van der Waals surface area contributed by atoms with Gasteiger partial charge >= 0.3 is 0 Å². The summed E-state index contributed by atoms with van der Waals surface area (Å²) in [7, 11) is 0. The van der Waals surface area contributed by atoms with Crippen molar-refractivity contribution in [1.29, 1.82) is 0 Å². The number of hydrogen-bond acceptors (Lipinski definition) is 3. The van der Waals surface area contributed by atoms with Crippen molar-refractivity contribution < 1.29 is 14.3 Å². The molecule has 0 spiro atoms. The molecule has 0 saturated carbocycles. The Balaban J connectivity index is 1.42. The van der Waals surface area contributed by atoms with E-state index in [2.05, 4.69) is 27.3 Å². The molecule has 0 fully saturated rings. The van der Waals surface area contributed by atoms with E-state index in [1.165, 1.54) is 0 Å². The number of rotatable bonds is 8. The lowest BCUT2D eigenvalue weighted by Crippen LogP contribution is -2.38. The molecule has 29 heavy (non-hydrogen) atoms. The van der Waals surface area contributed by atoms with E-state index in [-0.39, 0.29) is 18.4 Å². The fourth-order valence-electron chi connectivity index (χ4n) is 3.04.